The summed E-state index contributed by atoms with van der Waals surface area (Å²) in [7, 11) is 0. The summed E-state index contributed by atoms with van der Waals surface area (Å²) in [6.07, 6.45) is 3.62. The lowest BCUT2D eigenvalue weighted by atomic mass is 10.4. The fraction of sp³-hybridized carbons (Fsp3) is 0.364. The Kier molecular flexibility index (Phi) is 2.59. The molecule has 0 bridgehead atoms. The molecule has 2 heterocycles. The first-order valence-corrected chi connectivity index (χ1v) is 6.08. The van der Waals surface area contributed by atoms with Crippen LogP contribution in [0.2, 0.25) is 5.02 Å². The third-order valence-electron chi connectivity index (χ3n) is 2.83. The minimum Gasteiger partial charge on any atom is -0.369 e. The highest BCUT2D eigenvalue weighted by Crippen LogP contribution is 2.20. The summed E-state index contributed by atoms with van der Waals surface area (Å²) in [5.41, 5.74) is 6.96. The topological polar surface area (TPSA) is 85.8 Å². The molecule has 0 atom stereocenters. The fourth-order valence-corrected chi connectivity index (χ4v) is 1.96. The Balaban J connectivity index is 1.90. The van der Waals surface area contributed by atoms with Crippen molar-refractivity contribution in [1.82, 2.24) is 19.9 Å². The number of nitrogens with zero attached hydrogens (tertiary/aromatic N) is 3. The Morgan fingerprint density at radius 2 is 2.39 bits per heavy atom. The Hall–Kier alpha value is -1.82. The van der Waals surface area contributed by atoms with Crippen LogP contribution in [0.3, 0.4) is 0 Å². The van der Waals surface area contributed by atoms with Gasteiger partial charge in [-0.2, -0.15) is 0 Å². The third kappa shape index (κ3) is 2.11. The van der Waals surface area contributed by atoms with Gasteiger partial charge in [0.15, 0.2) is 5.65 Å². The van der Waals surface area contributed by atoms with E-state index in [9.17, 15) is 4.79 Å². The molecule has 0 spiro atoms. The molecule has 7 heteroatoms. The normalized spacial score (nSPS) is 14.9. The molecule has 3 rings (SSSR count). The van der Waals surface area contributed by atoms with Crippen LogP contribution in [0, 0.1) is 0 Å². The van der Waals surface area contributed by atoms with Gasteiger partial charge < -0.3 is 11.1 Å². The number of aromatic nitrogens is 3. The quantitative estimate of drug-likeness (QED) is 0.865. The van der Waals surface area contributed by atoms with Crippen molar-refractivity contribution in [2.45, 2.75) is 25.4 Å². The van der Waals surface area contributed by atoms with Crippen LogP contribution in [0.15, 0.2) is 12.3 Å². The van der Waals surface area contributed by atoms with E-state index in [0.29, 0.717) is 22.2 Å². The number of hydrogen-bond acceptors (Lipinski definition) is 4. The molecule has 1 aliphatic carbocycles. The highest BCUT2D eigenvalue weighted by molar-refractivity contribution is 6.31. The van der Waals surface area contributed by atoms with Crippen molar-refractivity contribution >= 4 is 34.6 Å². The number of fused-ring (bicyclic) bond motifs is 1. The first kappa shape index (κ1) is 11.3. The zero-order valence-electron chi connectivity index (χ0n) is 9.56. The van der Waals surface area contributed by atoms with Crippen molar-refractivity contribution < 1.29 is 4.79 Å². The van der Waals surface area contributed by atoms with E-state index in [1.54, 1.807) is 10.6 Å². The molecule has 1 amide bonds. The molecule has 18 heavy (non-hydrogen) atoms. The highest BCUT2D eigenvalue weighted by atomic mass is 35.5. The molecule has 0 aromatic carbocycles. The van der Waals surface area contributed by atoms with Crippen LogP contribution >= 0.6 is 11.6 Å². The smallest absolute Gasteiger partial charge is 0.240 e. The number of hydrogen-bond donors (Lipinski definition) is 2. The Labute approximate surface area is 108 Å². The summed E-state index contributed by atoms with van der Waals surface area (Å²) in [6.45, 7) is 0.132. The Morgan fingerprint density at radius 3 is 3.11 bits per heavy atom. The number of rotatable bonds is 3. The lowest BCUT2D eigenvalue weighted by Gasteiger charge is -2.06. The maximum atomic E-state index is 11.8. The lowest BCUT2D eigenvalue weighted by Crippen LogP contribution is -2.29. The van der Waals surface area contributed by atoms with Gasteiger partial charge in [0.1, 0.15) is 12.1 Å². The van der Waals surface area contributed by atoms with E-state index in [1.165, 1.54) is 6.20 Å². The Bertz CT molecular complexity index is 619. The molecule has 1 aliphatic rings. The minimum absolute atomic E-state index is 0.0692. The van der Waals surface area contributed by atoms with E-state index < -0.39 is 0 Å². The van der Waals surface area contributed by atoms with Gasteiger partial charge in [-0.25, -0.2) is 9.97 Å². The number of carbonyl (C=O) groups excluding carboxylic acids is 1. The number of nitrogens with two attached hydrogens (primary N) is 1. The van der Waals surface area contributed by atoms with Crippen molar-refractivity contribution in [2.24, 2.45) is 0 Å². The van der Waals surface area contributed by atoms with Gasteiger partial charge in [-0.05, 0) is 18.9 Å². The minimum atomic E-state index is -0.0692. The molecule has 2 aromatic heterocycles. The second kappa shape index (κ2) is 4.13. The molecular weight excluding hydrogens is 254 g/mol. The molecule has 1 saturated carbocycles. The monoisotopic (exact) mass is 265 g/mol. The van der Waals surface area contributed by atoms with Crippen molar-refractivity contribution in [2.75, 3.05) is 5.73 Å². The highest BCUT2D eigenvalue weighted by Gasteiger charge is 2.24. The van der Waals surface area contributed by atoms with Gasteiger partial charge in [-0.3, -0.25) is 9.36 Å². The summed E-state index contributed by atoms with van der Waals surface area (Å²) in [6, 6.07) is 2.01. The van der Waals surface area contributed by atoms with Crippen molar-refractivity contribution in [3.05, 3.63) is 17.3 Å². The lowest BCUT2D eigenvalue weighted by molar-refractivity contribution is -0.121. The summed E-state index contributed by atoms with van der Waals surface area (Å²) in [5, 5.41) is 3.39. The van der Waals surface area contributed by atoms with E-state index >= 15 is 0 Å². The van der Waals surface area contributed by atoms with Gasteiger partial charge in [0, 0.05) is 12.2 Å². The van der Waals surface area contributed by atoms with Gasteiger partial charge >= 0.3 is 0 Å². The largest absolute Gasteiger partial charge is 0.369 e. The second-order valence-corrected chi connectivity index (χ2v) is 4.83. The van der Waals surface area contributed by atoms with Crippen molar-refractivity contribution in [1.29, 1.82) is 0 Å². The van der Waals surface area contributed by atoms with Crippen LogP contribution in [-0.2, 0) is 11.3 Å². The predicted octanol–water partition coefficient (Wildman–Crippen LogP) is 0.945. The molecular formula is C11H12ClN5O. The van der Waals surface area contributed by atoms with Gasteiger partial charge in [0.2, 0.25) is 11.9 Å². The number of amides is 1. The van der Waals surface area contributed by atoms with E-state index in [0.717, 1.165) is 12.8 Å². The number of imidazole rings is 1. The summed E-state index contributed by atoms with van der Waals surface area (Å²) in [4.78, 5) is 20.0. The molecule has 94 valence electrons. The number of halogens is 1. The first-order chi connectivity index (χ1) is 8.63. The first-order valence-electron chi connectivity index (χ1n) is 5.70. The molecule has 0 aliphatic heterocycles. The summed E-state index contributed by atoms with van der Waals surface area (Å²) >= 11 is 5.83. The van der Waals surface area contributed by atoms with Crippen LogP contribution in [-0.4, -0.2) is 26.5 Å². The predicted molar refractivity (Wildman–Crippen MR) is 68.1 cm³/mol. The molecule has 0 radical (unpaired) electrons. The van der Waals surface area contributed by atoms with Crippen LogP contribution < -0.4 is 11.1 Å². The van der Waals surface area contributed by atoms with Gasteiger partial charge in [0.25, 0.3) is 0 Å². The molecule has 0 saturated heterocycles. The standard InChI is InChI=1S/C11H12ClN5O/c12-6-3-8-10(14-4-6)17(11(13)16-8)5-9(18)15-7-1-2-7/h3-4,7H,1-2,5H2,(H2,13,16)(H,15,18). The van der Waals surface area contributed by atoms with E-state index in [2.05, 4.69) is 15.3 Å². The zero-order valence-corrected chi connectivity index (χ0v) is 10.3. The zero-order chi connectivity index (χ0) is 12.7. The second-order valence-electron chi connectivity index (χ2n) is 4.39. The van der Waals surface area contributed by atoms with Crippen molar-refractivity contribution in [3.8, 4) is 0 Å². The van der Waals surface area contributed by atoms with Crippen LogP contribution in [0.5, 0.6) is 0 Å². The average molecular weight is 266 g/mol. The van der Waals surface area contributed by atoms with Crippen LogP contribution in [0.1, 0.15) is 12.8 Å². The van der Waals surface area contributed by atoms with E-state index in [4.69, 9.17) is 17.3 Å². The summed E-state index contributed by atoms with van der Waals surface area (Å²) in [5.74, 6) is 0.200. The SMILES string of the molecule is Nc1nc2cc(Cl)cnc2n1CC(=O)NC1CC1. The molecule has 0 unspecified atom stereocenters. The number of nitrogens with one attached hydrogen (secondary N) is 1. The number of anilines is 1. The molecule has 6 nitrogen and oxygen atoms in total. The van der Waals surface area contributed by atoms with E-state index in [-0.39, 0.29) is 18.4 Å². The molecule has 1 fully saturated rings. The van der Waals surface area contributed by atoms with Gasteiger partial charge in [-0.15, -0.1) is 0 Å². The van der Waals surface area contributed by atoms with Crippen LogP contribution in [0.25, 0.3) is 11.2 Å². The summed E-state index contributed by atoms with van der Waals surface area (Å²) < 4.78 is 1.59. The van der Waals surface area contributed by atoms with Crippen molar-refractivity contribution in [3.63, 3.8) is 0 Å². The maximum Gasteiger partial charge on any atom is 0.240 e. The van der Waals surface area contributed by atoms with Crippen LogP contribution in [0.4, 0.5) is 5.95 Å². The fourth-order valence-electron chi connectivity index (χ4n) is 1.80. The number of pyridine rings is 1. The molecule has 2 aromatic rings. The Morgan fingerprint density at radius 1 is 1.61 bits per heavy atom. The number of carbonyl (C=O) groups is 1. The maximum absolute atomic E-state index is 11.8. The average Bonchev–Trinajstić information content (AvgIpc) is 3.05. The van der Waals surface area contributed by atoms with E-state index in [1.807, 2.05) is 0 Å². The number of nitrogen functional groups attached to an aromatic ring is 1. The van der Waals surface area contributed by atoms with Gasteiger partial charge in [0.05, 0.1) is 5.02 Å². The third-order valence-corrected chi connectivity index (χ3v) is 3.03. The molecule has 3 N–H and O–H groups in total. The van der Waals surface area contributed by atoms with Gasteiger partial charge in [-0.1, -0.05) is 11.6 Å².